The van der Waals surface area contributed by atoms with Crippen LogP contribution in [-0.2, 0) is 9.53 Å². The van der Waals surface area contributed by atoms with Gasteiger partial charge in [0.15, 0.2) is 5.79 Å². The van der Waals surface area contributed by atoms with Crippen molar-refractivity contribution >= 4 is 5.97 Å². The Morgan fingerprint density at radius 1 is 1.69 bits per heavy atom. The molecule has 4 heteroatoms. The van der Waals surface area contributed by atoms with Crippen molar-refractivity contribution in [3.05, 3.63) is 24.0 Å². The van der Waals surface area contributed by atoms with Gasteiger partial charge in [-0.1, -0.05) is 6.92 Å². The SMILES string of the molecule is CCC(=O)OC1=CCC(O)(O)C=C1. The molecule has 0 amide bonds. The number of rotatable bonds is 2. The lowest BCUT2D eigenvalue weighted by Gasteiger charge is -2.19. The Balaban J connectivity index is 2.53. The average Bonchev–Trinajstić information content (AvgIpc) is 2.08. The standard InChI is InChI=1S/C9H12O4/c1-2-8(10)13-7-3-5-9(11,12)6-4-7/h3-5,11-12H,2,6H2,1H3. The highest BCUT2D eigenvalue weighted by Gasteiger charge is 2.21. The summed E-state index contributed by atoms with van der Waals surface area (Å²) in [7, 11) is 0. The first-order valence-corrected chi connectivity index (χ1v) is 4.08. The van der Waals surface area contributed by atoms with Gasteiger partial charge in [-0.3, -0.25) is 4.79 Å². The Labute approximate surface area is 76.1 Å². The van der Waals surface area contributed by atoms with E-state index in [-0.39, 0.29) is 12.4 Å². The molecular weight excluding hydrogens is 172 g/mol. The second kappa shape index (κ2) is 3.72. The Bertz CT molecular complexity index is 263. The van der Waals surface area contributed by atoms with Gasteiger partial charge in [-0.05, 0) is 18.2 Å². The summed E-state index contributed by atoms with van der Waals surface area (Å²) in [5, 5.41) is 18.1. The van der Waals surface area contributed by atoms with Gasteiger partial charge in [0.2, 0.25) is 0 Å². The van der Waals surface area contributed by atoms with E-state index in [0.717, 1.165) is 0 Å². The molecule has 4 nitrogen and oxygen atoms in total. The molecule has 1 aliphatic carbocycles. The summed E-state index contributed by atoms with van der Waals surface area (Å²) in [6.45, 7) is 1.69. The highest BCUT2D eigenvalue weighted by Crippen LogP contribution is 2.18. The third-order valence-corrected chi connectivity index (χ3v) is 1.64. The van der Waals surface area contributed by atoms with E-state index in [1.54, 1.807) is 6.92 Å². The van der Waals surface area contributed by atoms with Crippen LogP contribution in [0.1, 0.15) is 19.8 Å². The normalized spacial score (nSPS) is 19.5. The van der Waals surface area contributed by atoms with E-state index < -0.39 is 5.79 Å². The predicted octanol–water partition coefficient (Wildman–Crippen LogP) is 0.464. The summed E-state index contributed by atoms with van der Waals surface area (Å²) >= 11 is 0. The van der Waals surface area contributed by atoms with Crippen LogP contribution in [0.4, 0.5) is 0 Å². The van der Waals surface area contributed by atoms with Gasteiger partial charge in [0.05, 0.1) is 0 Å². The summed E-state index contributed by atoms with van der Waals surface area (Å²) in [5.74, 6) is -1.77. The molecule has 0 aromatic rings. The molecule has 0 atom stereocenters. The van der Waals surface area contributed by atoms with Crippen molar-refractivity contribution in [3.8, 4) is 0 Å². The van der Waals surface area contributed by atoms with Crippen LogP contribution in [0.25, 0.3) is 0 Å². The number of carbonyl (C=O) groups excluding carboxylic acids is 1. The number of hydrogen-bond acceptors (Lipinski definition) is 4. The summed E-state index contributed by atoms with van der Waals surface area (Å²) in [4.78, 5) is 10.8. The second-order valence-electron chi connectivity index (χ2n) is 2.85. The fourth-order valence-corrected chi connectivity index (χ4v) is 0.882. The molecule has 1 rings (SSSR count). The summed E-state index contributed by atoms with van der Waals surface area (Å²) in [6.07, 6.45) is 4.36. The Kier molecular flexibility index (Phi) is 2.85. The Hall–Kier alpha value is -1.13. The highest BCUT2D eigenvalue weighted by atomic mass is 16.5. The molecule has 0 fully saturated rings. The molecule has 0 unspecified atom stereocenters. The van der Waals surface area contributed by atoms with Gasteiger partial charge in [-0.25, -0.2) is 0 Å². The zero-order chi connectivity index (χ0) is 9.90. The van der Waals surface area contributed by atoms with E-state index in [1.165, 1.54) is 18.2 Å². The maximum atomic E-state index is 10.8. The molecule has 0 bridgehead atoms. The van der Waals surface area contributed by atoms with E-state index >= 15 is 0 Å². The molecule has 0 radical (unpaired) electrons. The molecule has 0 heterocycles. The van der Waals surface area contributed by atoms with Crippen LogP contribution < -0.4 is 0 Å². The van der Waals surface area contributed by atoms with Crippen molar-refractivity contribution in [2.45, 2.75) is 25.6 Å². The number of esters is 1. The van der Waals surface area contributed by atoms with Crippen LogP contribution in [0, 0.1) is 0 Å². The molecular formula is C9H12O4. The number of aliphatic hydroxyl groups is 2. The fourth-order valence-electron chi connectivity index (χ4n) is 0.882. The Morgan fingerprint density at radius 3 is 2.85 bits per heavy atom. The van der Waals surface area contributed by atoms with E-state index in [1.807, 2.05) is 0 Å². The van der Waals surface area contributed by atoms with Crippen molar-refractivity contribution in [2.75, 3.05) is 0 Å². The van der Waals surface area contributed by atoms with Crippen LogP contribution in [0.3, 0.4) is 0 Å². The first-order chi connectivity index (χ1) is 6.03. The Morgan fingerprint density at radius 2 is 2.38 bits per heavy atom. The lowest BCUT2D eigenvalue weighted by molar-refractivity contribution is -0.139. The molecule has 0 saturated carbocycles. The van der Waals surface area contributed by atoms with Gasteiger partial charge in [-0.15, -0.1) is 0 Å². The van der Waals surface area contributed by atoms with E-state index in [4.69, 9.17) is 14.9 Å². The topological polar surface area (TPSA) is 66.8 Å². The quantitative estimate of drug-likeness (QED) is 0.483. The van der Waals surface area contributed by atoms with Crippen LogP contribution >= 0.6 is 0 Å². The second-order valence-corrected chi connectivity index (χ2v) is 2.85. The third-order valence-electron chi connectivity index (χ3n) is 1.64. The minimum atomic E-state index is -1.80. The third kappa shape index (κ3) is 3.01. The van der Waals surface area contributed by atoms with E-state index in [9.17, 15) is 4.79 Å². The van der Waals surface area contributed by atoms with Gasteiger partial charge >= 0.3 is 5.97 Å². The average molecular weight is 184 g/mol. The molecule has 0 spiro atoms. The maximum Gasteiger partial charge on any atom is 0.310 e. The number of allylic oxidation sites excluding steroid dienone is 1. The molecule has 0 aliphatic heterocycles. The van der Waals surface area contributed by atoms with E-state index in [2.05, 4.69) is 0 Å². The van der Waals surface area contributed by atoms with Crippen LogP contribution in [0.2, 0.25) is 0 Å². The first-order valence-electron chi connectivity index (χ1n) is 4.08. The summed E-state index contributed by atoms with van der Waals surface area (Å²) < 4.78 is 4.85. The molecule has 0 aromatic heterocycles. The molecule has 0 aromatic carbocycles. The minimum absolute atomic E-state index is 0.0375. The monoisotopic (exact) mass is 184 g/mol. The first kappa shape index (κ1) is 9.95. The van der Waals surface area contributed by atoms with Gasteiger partial charge in [0.1, 0.15) is 5.76 Å². The summed E-state index contributed by atoms with van der Waals surface area (Å²) in [5.41, 5.74) is 0. The zero-order valence-electron chi connectivity index (χ0n) is 7.36. The van der Waals surface area contributed by atoms with Crippen molar-refractivity contribution in [1.82, 2.24) is 0 Å². The van der Waals surface area contributed by atoms with Gasteiger partial charge in [0, 0.05) is 12.8 Å². The van der Waals surface area contributed by atoms with Crippen molar-refractivity contribution in [3.63, 3.8) is 0 Å². The van der Waals surface area contributed by atoms with Crippen molar-refractivity contribution in [2.24, 2.45) is 0 Å². The van der Waals surface area contributed by atoms with Gasteiger partial charge < -0.3 is 14.9 Å². The number of ether oxygens (including phenoxy) is 1. The van der Waals surface area contributed by atoms with Crippen LogP contribution in [-0.4, -0.2) is 22.0 Å². The highest BCUT2D eigenvalue weighted by molar-refractivity contribution is 5.70. The van der Waals surface area contributed by atoms with Gasteiger partial charge in [0.25, 0.3) is 0 Å². The van der Waals surface area contributed by atoms with Crippen LogP contribution in [0.15, 0.2) is 24.0 Å². The van der Waals surface area contributed by atoms with Crippen LogP contribution in [0.5, 0.6) is 0 Å². The smallest absolute Gasteiger partial charge is 0.310 e. The number of hydrogen-bond donors (Lipinski definition) is 2. The minimum Gasteiger partial charge on any atom is -0.427 e. The zero-order valence-corrected chi connectivity index (χ0v) is 7.36. The maximum absolute atomic E-state index is 10.8. The van der Waals surface area contributed by atoms with E-state index in [0.29, 0.717) is 12.2 Å². The molecule has 13 heavy (non-hydrogen) atoms. The predicted molar refractivity (Wildman–Crippen MR) is 45.4 cm³/mol. The lowest BCUT2D eigenvalue weighted by Crippen LogP contribution is -2.26. The molecule has 72 valence electrons. The molecule has 0 saturated heterocycles. The van der Waals surface area contributed by atoms with Crippen molar-refractivity contribution in [1.29, 1.82) is 0 Å². The largest absolute Gasteiger partial charge is 0.427 e. The molecule has 1 aliphatic rings. The lowest BCUT2D eigenvalue weighted by atomic mass is 10.1. The van der Waals surface area contributed by atoms with Crippen molar-refractivity contribution < 1.29 is 19.7 Å². The van der Waals surface area contributed by atoms with Gasteiger partial charge in [-0.2, -0.15) is 0 Å². The summed E-state index contributed by atoms with van der Waals surface area (Å²) in [6, 6.07) is 0. The molecule has 2 N–H and O–H groups in total. The number of carbonyl (C=O) groups is 1. The fraction of sp³-hybridized carbons (Fsp3) is 0.444.